The van der Waals surface area contributed by atoms with Crippen molar-refractivity contribution in [1.82, 2.24) is 5.32 Å². The molecule has 2 aliphatic rings. The Labute approximate surface area is 157 Å². The van der Waals surface area contributed by atoms with Gasteiger partial charge in [-0.15, -0.1) is 0 Å². The van der Waals surface area contributed by atoms with E-state index in [1.807, 2.05) is 24.3 Å². The molecule has 2 bridgehead atoms. The molecule has 27 heavy (non-hydrogen) atoms. The summed E-state index contributed by atoms with van der Waals surface area (Å²) in [6, 6.07) is 4.23. The monoisotopic (exact) mass is 373 g/mol. The van der Waals surface area contributed by atoms with E-state index in [9.17, 15) is 19.5 Å². The van der Waals surface area contributed by atoms with Crippen molar-refractivity contribution < 1.29 is 29.0 Å². The first-order valence-corrected chi connectivity index (χ1v) is 8.87. The van der Waals surface area contributed by atoms with Gasteiger partial charge >= 0.3 is 12.1 Å². The van der Waals surface area contributed by atoms with Gasteiger partial charge < -0.3 is 19.9 Å². The Morgan fingerprint density at radius 3 is 2.48 bits per heavy atom. The zero-order valence-corrected chi connectivity index (χ0v) is 15.5. The van der Waals surface area contributed by atoms with E-state index in [2.05, 4.69) is 5.32 Å². The van der Waals surface area contributed by atoms with Gasteiger partial charge in [0.15, 0.2) is 5.78 Å². The number of carboxylic acids is 1. The van der Waals surface area contributed by atoms with Crippen molar-refractivity contribution >= 4 is 17.8 Å². The van der Waals surface area contributed by atoms with Gasteiger partial charge in [-0.25, -0.2) is 9.59 Å². The number of ketones is 1. The second-order valence-electron chi connectivity index (χ2n) is 7.70. The van der Waals surface area contributed by atoms with E-state index in [0.717, 1.165) is 11.1 Å². The number of amides is 1. The maximum absolute atomic E-state index is 12.5. The lowest BCUT2D eigenvalue weighted by Crippen LogP contribution is -2.43. The SMILES string of the molecule is CC(C)(C)OC(=O)NC(CCC(=O)c1ccc2c(c1)C1C=CC2O1)C(=O)O. The predicted molar refractivity (Wildman–Crippen MR) is 96.5 cm³/mol. The number of alkyl carbamates (subject to hydrolysis) is 1. The number of hydrogen-bond acceptors (Lipinski definition) is 5. The van der Waals surface area contributed by atoms with Gasteiger partial charge in [-0.2, -0.15) is 0 Å². The first-order valence-electron chi connectivity index (χ1n) is 8.87. The molecule has 3 rings (SSSR count). The van der Waals surface area contributed by atoms with E-state index in [0.29, 0.717) is 5.56 Å². The number of benzene rings is 1. The molecule has 1 amide bonds. The molecule has 0 saturated heterocycles. The number of fused-ring (bicyclic) bond motifs is 5. The molecule has 0 radical (unpaired) electrons. The fourth-order valence-corrected chi connectivity index (χ4v) is 3.19. The fraction of sp³-hybridized carbons (Fsp3) is 0.450. The molecule has 2 N–H and O–H groups in total. The lowest BCUT2D eigenvalue weighted by atomic mass is 9.93. The number of rotatable bonds is 6. The summed E-state index contributed by atoms with van der Waals surface area (Å²) in [7, 11) is 0. The van der Waals surface area contributed by atoms with Gasteiger partial charge in [0.05, 0.1) is 0 Å². The summed E-state index contributed by atoms with van der Waals surface area (Å²) in [5, 5.41) is 11.6. The standard InChI is InChI=1S/C20H23NO6/c1-20(2,3)27-19(25)21-14(18(23)24)6-7-15(22)11-4-5-12-13(10-11)17-9-8-16(12)26-17/h4-5,8-10,14,16-17H,6-7H2,1-3H3,(H,21,25)(H,23,24). The number of ether oxygens (including phenoxy) is 2. The lowest BCUT2D eigenvalue weighted by Gasteiger charge is -2.21. The minimum Gasteiger partial charge on any atom is -0.480 e. The Morgan fingerprint density at radius 2 is 1.85 bits per heavy atom. The molecule has 7 nitrogen and oxygen atoms in total. The summed E-state index contributed by atoms with van der Waals surface area (Å²) in [6.07, 6.45) is 2.96. The van der Waals surface area contributed by atoms with Crippen LogP contribution < -0.4 is 5.32 Å². The van der Waals surface area contributed by atoms with Gasteiger partial charge in [0.1, 0.15) is 23.9 Å². The number of carbonyl (C=O) groups excluding carboxylic acids is 2. The van der Waals surface area contributed by atoms with E-state index >= 15 is 0 Å². The molecule has 0 saturated carbocycles. The normalized spacial score (nSPS) is 20.9. The first-order chi connectivity index (χ1) is 12.6. The zero-order valence-electron chi connectivity index (χ0n) is 15.5. The predicted octanol–water partition coefficient (Wildman–Crippen LogP) is 3.31. The quantitative estimate of drug-likeness (QED) is 0.586. The van der Waals surface area contributed by atoms with Crippen LogP contribution >= 0.6 is 0 Å². The third kappa shape index (κ3) is 4.36. The maximum Gasteiger partial charge on any atom is 0.408 e. The van der Waals surface area contributed by atoms with E-state index in [1.54, 1.807) is 26.8 Å². The van der Waals surface area contributed by atoms with Crippen molar-refractivity contribution in [3.8, 4) is 0 Å². The first kappa shape index (κ1) is 19.1. The number of carbonyl (C=O) groups is 3. The highest BCUT2D eigenvalue weighted by atomic mass is 16.6. The van der Waals surface area contributed by atoms with Gasteiger partial charge in [0, 0.05) is 12.0 Å². The molecule has 3 unspecified atom stereocenters. The van der Waals surface area contributed by atoms with Gasteiger partial charge in [-0.1, -0.05) is 24.3 Å². The maximum atomic E-state index is 12.5. The van der Waals surface area contributed by atoms with E-state index in [4.69, 9.17) is 9.47 Å². The summed E-state index contributed by atoms with van der Waals surface area (Å²) >= 11 is 0. The molecule has 2 aliphatic heterocycles. The topological polar surface area (TPSA) is 102 Å². The molecule has 3 atom stereocenters. The van der Waals surface area contributed by atoms with Crippen molar-refractivity contribution in [3.05, 3.63) is 47.0 Å². The highest BCUT2D eigenvalue weighted by molar-refractivity contribution is 5.96. The van der Waals surface area contributed by atoms with Crippen LogP contribution in [0.4, 0.5) is 4.79 Å². The fourth-order valence-electron chi connectivity index (χ4n) is 3.19. The molecule has 0 spiro atoms. The van der Waals surface area contributed by atoms with Crippen LogP contribution in [0, 0.1) is 0 Å². The average molecular weight is 373 g/mol. The van der Waals surface area contributed by atoms with Gasteiger partial charge in [-0.3, -0.25) is 4.79 Å². The van der Waals surface area contributed by atoms with Crippen LogP contribution in [0.15, 0.2) is 30.4 Å². The van der Waals surface area contributed by atoms with Gasteiger partial charge in [0.25, 0.3) is 0 Å². The molecule has 0 fully saturated rings. The Hall–Kier alpha value is -2.67. The minimum absolute atomic E-state index is 0.00363. The lowest BCUT2D eigenvalue weighted by molar-refractivity contribution is -0.139. The number of nitrogens with one attached hydrogen (secondary N) is 1. The highest BCUT2D eigenvalue weighted by Gasteiger charge is 2.34. The second kappa shape index (κ2) is 7.15. The van der Waals surface area contributed by atoms with Crippen LogP contribution in [0.2, 0.25) is 0 Å². The number of aliphatic carboxylic acids is 1. The Balaban J connectivity index is 1.60. The molecule has 7 heteroatoms. The summed E-state index contributed by atoms with van der Waals surface area (Å²) in [4.78, 5) is 35.7. The molecular weight excluding hydrogens is 350 g/mol. The molecule has 2 heterocycles. The Bertz CT molecular complexity index is 807. The molecule has 0 aromatic heterocycles. The van der Waals surface area contributed by atoms with Gasteiger partial charge in [0.2, 0.25) is 0 Å². The van der Waals surface area contributed by atoms with Gasteiger partial charge in [-0.05, 0) is 44.4 Å². The number of carboxylic acid groups (broad SMARTS) is 1. The van der Waals surface area contributed by atoms with Crippen molar-refractivity contribution in [2.45, 2.75) is 57.5 Å². The molecule has 1 aromatic rings. The third-order valence-corrected chi connectivity index (χ3v) is 4.42. The molecular formula is C20H23NO6. The van der Waals surface area contributed by atoms with Crippen LogP contribution in [-0.4, -0.2) is 34.6 Å². The van der Waals surface area contributed by atoms with Crippen LogP contribution in [-0.2, 0) is 14.3 Å². The van der Waals surface area contributed by atoms with Crippen LogP contribution in [0.1, 0.15) is 67.3 Å². The highest BCUT2D eigenvalue weighted by Crippen LogP contribution is 2.45. The van der Waals surface area contributed by atoms with Crippen LogP contribution in [0.25, 0.3) is 0 Å². The van der Waals surface area contributed by atoms with Crippen LogP contribution in [0.5, 0.6) is 0 Å². The number of hydrogen-bond donors (Lipinski definition) is 2. The third-order valence-electron chi connectivity index (χ3n) is 4.42. The van der Waals surface area contributed by atoms with Crippen LogP contribution in [0.3, 0.4) is 0 Å². The molecule has 1 aromatic carbocycles. The van der Waals surface area contributed by atoms with Crippen molar-refractivity contribution in [1.29, 1.82) is 0 Å². The largest absolute Gasteiger partial charge is 0.480 e. The second-order valence-corrected chi connectivity index (χ2v) is 7.70. The summed E-state index contributed by atoms with van der Waals surface area (Å²) in [5.41, 5.74) is 1.83. The number of Topliss-reactive ketones (excluding diaryl/α,β-unsaturated/α-hetero) is 1. The zero-order chi connectivity index (χ0) is 19.8. The van der Waals surface area contributed by atoms with Crippen molar-refractivity contribution in [2.24, 2.45) is 0 Å². The van der Waals surface area contributed by atoms with Crippen molar-refractivity contribution in [2.75, 3.05) is 0 Å². The Morgan fingerprint density at radius 1 is 1.19 bits per heavy atom. The summed E-state index contributed by atoms with van der Waals surface area (Å²) in [6.45, 7) is 5.06. The van der Waals surface area contributed by atoms with E-state index < -0.39 is 23.7 Å². The van der Waals surface area contributed by atoms with Crippen molar-refractivity contribution in [3.63, 3.8) is 0 Å². The molecule has 0 aliphatic carbocycles. The smallest absolute Gasteiger partial charge is 0.408 e. The minimum atomic E-state index is -1.21. The van der Waals surface area contributed by atoms with E-state index in [-0.39, 0.29) is 30.8 Å². The molecule has 144 valence electrons. The average Bonchev–Trinajstić information content (AvgIpc) is 3.18. The Kier molecular flexibility index (Phi) is 5.06. The summed E-state index contributed by atoms with van der Waals surface area (Å²) < 4.78 is 10.8. The van der Waals surface area contributed by atoms with E-state index in [1.165, 1.54) is 0 Å². The summed E-state index contributed by atoms with van der Waals surface area (Å²) in [5.74, 6) is -1.39.